The van der Waals surface area contributed by atoms with Crippen molar-refractivity contribution in [2.75, 3.05) is 7.11 Å². The molecule has 0 aromatic heterocycles. The minimum Gasteiger partial charge on any atom is -0.497 e. The van der Waals surface area contributed by atoms with E-state index in [2.05, 4.69) is 32.6 Å². The van der Waals surface area contributed by atoms with Gasteiger partial charge >= 0.3 is 0 Å². The minimum atomic E-state index is 0.898. The largest absolute Gasteiger partial charge is 0.497 e. The molecule has 1 aromatic carbocycles. The molecular formula is C14H18O. The molecule has 0 bridgehead atoms. The Morgan fingerprint density at radius 3 is 2.73 bits per heavy atom. The average molecular weight is 202 g/mol. The van der Waals surface area contributed by atoms with Gasteiger partial charge in [-0.2, -0.15) is 0 Å². The maximum Gasteiger partial charge on any atom is 0.119 e. The van der Waals surface area contributed by atoms with Gasteiger partial charge in [-0.15, -0.1) is 0 Å². The first-order valence-electron chi connectivity index (χ1n) is 5.19. The third-order valence-corrected chi connectivity index (χ3v) is 2.55. The molecule has 1 aromatic rings. The fourth-order valence-electron chi connectivity index (χ4n) is 1.64. The lowest BCUT2D eigenvalue weighted by molar-refractivity contribution is 0.414. The Labute approximate surface area is 92.1 Å². The summed E-state index contributed by atoms with van der Waals surface area (Å²) in [4.78, 5) is 0. The Morgan fingerprint density at radius 1 is 1.47 bits per heavy atom. The van der Waals surface area contributed by atoms with Crippen LogP contribution in [-0.2, 0) is 0 Å². The van der Waals surface area contributed by atoms with Crippen molar-refractivity contribution in [3.63, 3.8) is 0 Å². The van der Waals surface area contributed by atoms with E-state index in [1.807, 2.05) is 18.2 Å². The van der Waals surface area contributed by atoms with Crippen molar-refractivity contribution in [3.05, 3.63) is 48.1 Å². The highest BCUT2D eigenvalue weighted by atomic mass is 16.5. The summed E-state index contributed by atoms with van der Waals surface area (Å²) in [6, 6.07) is 8.14. The lowest BCUT2D eigenvalue weighted by Gasteiger charge is -2.09. The van der Waals surface area contributed by atoms with Gasteiger partial charge in [-0.05, 0) is 42.2 Å². The molecule has 0 atom stereocenters. The molecule has 0 spiro atoms. The number of rotatable bonds is 4. The summed E-state index contributed by atoms with van der Waals surface area (Å²) in [5.74, 6) is 0.898. The molecule has 0 aliphatic carbocycles. The third kappa shape index (κ3) is 2.72. The predicted octanol–water partition coefficient (Wildman–Crippen LogP) is 4.06. The number of hydrogen-bond donors (Lipinski definition) is 0. The molecule has 0 saturated carbocycles. The molecule has 1 nitrogen and oxygen atoms in total. The molecule has 1 rings (SSSR count). The summed E-state index contributed by atoms with van der Waals surface area (Å²) >= 11 is 0. The van der Waals surface area contributed by atoms with Crippen LogP contribution in [0.3, 0.4) is 0 Å². The molecule has 0 aliphatic rings. The second-order valence-electron chi connectivity index (χ2n) is 3.45. The standard InChI is InChI=1S/C14H18O/c1-5-11(3)14(6-2)12-8-7-9-13(10-12)15-4/h5,7-10H,1,6H2,2-4H3/b14-11-. The van der Waals surface area contributed by atoms with Gasteiger partial charge < -0.3 is 4.74 Å². The van der Waals surface area contributed by atoms with Crippen LogP contribution in [0, 0.1) is 0 Å². The monoisotopic (exact) mass is 202 g/mol. The van der Waals surface area contributed by atoms with Crippen molar-refractivity contribution >= 4 is 5.57 Å². The van der Waals surface area contributed by atoms with E-state index < -0.39 is 0 Å². The molecule has 0 amide bonds. The van der Waals surface area contributed by atoms with E-state index in [9.17, 15) is 0 Å². The summed E-state index contributed by atoms with van der Waals surface area (Å²) in [7, 11) is 1.69. The molecule has 0 unspecified atom stereocenters. The van der Waals surface area contributed by atoms with Crippen LogP contribution in [0.5, 0.6) is 5.75 Å². The summed E-state index contributed by atoms with van der Waals surface area (Å²) in [6.07, 6.45) is 2.91. The van der Waals surface area contributed by atoms with Crippen molar-refractivity contribution in [1.82, 2.24) is 0 Å². The maximum absolute atomic E-state index is 5.21. The summed E-state index contributed by atoms with van der Waals surface area (Å²) < 4.78 is 5.21. The fraction of sp³-hybridized carbons (Fsp3) is 0.286. The topological polar surface area (TPSA) is 9.23 Å². The molecule has 0 radical (unpaired) electrons. The fourth-order valence-corrected chi connectivity index (χ4v) is 1.64. The van der Waals surface area contributed by atoms with Crippen LogP contribution in [0.4, 0.5) is 0 Å². The Morgan fingerprint density at radius 2 is 2.20 bits per heavy atom. The highest BCUT2D eigenvalue weighted by molar-refractivity contribution is 5.70. The van der Waals surface area contributed by atoms with E-state index in [1.54, 1.807) is 7.11 Å². The highest BCUT2D eigenvalue weighted by Crippen LogP contribution is 2.25. The van der Waals surface area contributed by atoms with Crippen LogP contribution in [0.25, 0.3) is 5.57 Å². The van der Waals surface area contributed by atoms with Crippen molar-refractivity contribution in [2.45, 2.75) is 20.3 Å². The molecule has 0 fully saturated rings. The molecule has 15 heavy (non-hydrogen) atoms. The average Bonchev–Trinajstić information content (AvgIpc) is 2.30. The number of hydrogen-bond acceptors (Lipinski definition) is 1. The van der Waals surface area contributed by atoms with Gasteiger partial charge in [0.1, 0.15) is 5.75 Å². The van der Waals surface area contributed by atoms with Gasteiger partial charge in [0, 0.05) is 0 Å². The smallest absolute Gasteiger partial charge is 0.119 e. The predicted molar refractivity (Wildman–Crippen MR) is 66.1 cm³/mol. The number of allylic oxidation sites excluding steroid dienone is 3. The number of ether oxygens (including phenoxy) is 1. The first-order valence-corrected chi connectivity index (χ1v) is 5.19. The molecule has 0 aliphatic heterocycles. The van der Waals surface area contributed by atoms with Gasteiger partial charge in [0.2, 0.25) is 0 Å². The summed E-state index contributed by atoms with van der Waals surface area (Å²) in [5, 5.41) is 0. The van der Waals surface area contributed by atoms with Crippen LogP contribution in [-0.4, -0.2) is 7.11 Å². The third-order valence-electron chi connectivity index (χ3n) is 2.55. The molecule has 0 heterocycles. The molecule has 1 heteroatoms. The zero-order valence-electron chi connectivity index (χ0n) is 9.71. The van der Waals surface area contributed by atoms with E-state index in [0.29, 0.717) is 0 Å². The van der Waals surface area contributed by atoms with Crippen LogP contribution >= 0.6 is 0 Å². The quantitative estimate of drug-likeness (QED) is 0.669. The van der Waals surface area contributed by atoms with Gasteiger partial charge in [0.15, 0.2) is 0 Å². The van der Waals surface area contributed by atoms with E-state index in [4.69, 9.17) is 4.74 Å². The van der Waals surface area contributed by atoms with Gasteiger partial charge in [-0.3, -0.25) is 0 Å². The molecule has 80 valence electrons. The van der Waals surface area contributed by atoms with Crippen molar-refractivity contribution in [1.29, 1.82) is 0 Å². The Balaban J connectivity index is 3.18. The zero-order valence-corrected chi connectivity index (χ0v) is 9.71. The van der Waals surface area contributed by atoms with Crippen molar-refractivity contribution in [3.8, 4) is 5.75 Å². The van der Waals surface area contributed by atoms with E-state index >= 15 is 0 Å². The highest BCUT2D eigenvalue weighted by Gasteiger charge is 2.03. The normalized spacial score (nSPS) is 11.9. The molecule has 0 N–H and O–H groups in total. The summed E-state index contributed by atoms with van der Waals surface area (Å²) in [5.41, 5.74) is 3.77. The van der Waals surface area contributed by atoms with Gasteiger partial charge in [-0.25, -0.2) is 0 Å². The second-order valence-corrected chi connectivity index (χ2v) is 3.45. The number of benzene rings is 1. The molecular weight excluding hydrogens is 184 g/mol. The van der Waals surface area contributed by atoms with Crippen LogP contribution < -0.4 is 4.74 Å². The first kappa shape index (κ1) is 11.6. The molecule has 0 saturated heterocycles. The van der Waals surface area contributed by atoms with Crippen LogP contribution in [0.15, 0.2) is 42.5 Å². The Bertz CT molecular complexity index is 375. The van der Waals surface area contributed by atoms with E-state index in [1.165, 1.54) is 16.7 Å². The van der Waals surface area contributed by atoms with E-state index in [0.717, 1.165) is 12.2 Å². The first-order chi connectivity index (χ1) is 7.22. The van der Waals surface area contributed by atoms with Gasteiger partial charge in [-0.1, -0.05) is 31.7 Å². The van der Waals surface area contributed by atoms with Crippen molar-refractivity contribution < 1.29 is 4.74 Å². The Hall–Kier alpha value is -1.50. The second kappa shape index (κ2) is 5.40. The van der Waals surface area contributed by atoms with Crippen LogP contribution in [0.1, 0.15) is 25.8 Å². The lowest BCUT2D eigenvalue weighted by Crippen LogP contribution is -1.89. The zero-order chi connectivity index (χ0) is 11.3. The Kier molecular flexibility index (Phi) is 4.17. The minimum absolute atomic E-state index is 0.898. The van der Waals surface area contributed by atoms with Gasteiger partial charge in [0.25, 0.3) is 0 Å². The van der Waals surface area contributed by atoms with Gasteiger partial charge in [0.05, 0.1) is 7.11 Å². The summed E-state index contributed by atoms with van der Waals surface area (Å²) in [6.45, 7) is 8.05. The van der Waals surface area contributed by atoms with Crippen LogP contribution in [0.2, 0.25) is 0 Å². The van der Waals surface area contributed by atoms with E-state index in [-0.39, 0.29) is 0 Å². The maximum atomic E-state index is 5.21. The van der Waals surface area contributed by atoms with Crippen molar-refractivity contribution in [2.24, 2.45) is 0 Å². The lowest BCUT2D eigenvalue weighted by atomic mass is 9.98. The number of methoxy groups -OCH3 is 1. The SMILES string of the molecule is C=C/C(C)=C(/CC)c1cccc(OC)c1.